The summed E-state index contributed by atoms with van der Waals surface area (Å²) < 4.78 is 10.8. The summed E-state index contributed by atoms with van der Waals surface area (Å²) in [7, 11) is 0. The highest BCUT2D eigenvalue weighted by Gasteiger charge is 2.23. The van der Waals surface area contributed by atoms with Crippen molar-refractivity contribution in [3.8, 4) is 5.75 Å². The van der Waals surface area contributed by atoms with Crippen LogP contribution in [-0.4, -0.2) is 53.6 Å². The van der Waals surface area contributed by atoms with Crippen molar-refractivity contribution in [1.82, 2.24) is 15.0 Å². The van der Waals surface area contributed by atoms with Gasteiger partial charge in [0.2, 0.25) is 0 Å². The van der Waals surface area contributed by atoms with E-state index < -0.39 is 0 Å². The van der Waals surface area contributed by atoms with Gasteiger partial charge < -0.3 is 14.2 Å². The maximum absolute atomic E-state index is 12.3. The molecule has 0 spiro atoms. The van der Waals surface area contributed by atoms with Crippen LogP contribution in [-0.2, 0) is 11.3 Å². The van der Waals surface area contributed by atoms with Gasteiger partial charge >= 0.3 is 0 Å². The lowest BCUT2D eigenvalue weighted by atomic mass is 10.2. The zero-order valence-electron chi connectivity index (χ0n) is 15.1. The fourth-order valence-corrected chi connectivity index (χ4v) is 2.98. The maximum Gasteiger partial charge on any atom is 0.260 e. The van der Waals surface area contributed by atoms with E-state index in [-0.39, 0.29) is 12.5 Å². The first-order valence-electron chi connectivity index (χ1n) is 8.64. The molecule has 6 heteroatoms. The number of ether oxygens (including phenoxy) is 1. The van der Waals surface area contributed by atoms with Crippen LogP contribution in [0.5, 0.6) is 5.75 Å². The molecule has 25 heavy (non-hydrogen) atoms. The monoisotopic (exact) mass is 343 g/mol. The van der Waals surface area contributed by atoms with E-state index in [2.05, 4.69) is 10.1 Å². The fourth-order valence-electron chi connectivity index (χ4n) is 2.98. The Bertz CT molecular complexity index is 697. The van der Waals surface area contributed by atoms with Gasteiger partial charge in [0.1, 0.15) is 11.5 Å². The summed E-state index contributed by atoms with van der Waals surface area (Å²) in [6.45, 7) is 9.98. The van der Waals surface area contributed by atoms with Crippen LogP contribution in [0.2, 0.25) is 0 Å². The molecule has 1 amide bonds. The number of hydrogen-bond donors (Lipinski definition) is 0. The third kappa shape index (κ3) is 4.39. The van der Waals surface area contributed by atoms with Crippen LogP contribution in [0, 0.1) is 20.8 Å². The first kappa shape index (κ1) is 17.5. The highest BCUT2D eigenvalue weighted by atomic mass is 16.5. The van der Waals surface area contributed by atoms with Gasteiger partial charge in [-0.25, -0.2) is 0 Å². The van der Waals surface area contributed by atoms with Crippen LogP contribution in [0.25, 0.3) is 0 Å². The summed E-state index contributed by atoms with van der Waals surface area (Å²) in [5.74, 6) is 1.65. The van der Waals surface area contributed by atoms with E-state index in [4.69, 9.17) is 9.26 Å². The van der Waals surface area contributed by atoms with Crippen molar-refractivity contribution in [3.05, 3.63) is 46.8 Å². The van der Waals surface area contributed by atoms with Crippen LogP contribution in [0.15, 0.2) is 28.8 Å². The van der Waals surface area contributed by atoms with E-state index in [1.54, 1.807) is 0 Å². The lowest BCUT2D eigenvalue weighted by molar-refractivity contribution is -0.135. The number of carbonyl (C=O) groups is 1. The molecule has 0 N–H and O–H groups in total. The van der Waals surface area contributed by atoms with Gasteiger partial charge in [0.15, 0.2) is 6.61 Å². The lowest BCUT2D eigenvalue weighted by Gasteiger charge is -2.34. The minimum Gasteiger partial charge on any atom is -0.484 e. The minimum absolute atomic E-state index is 0.0394. The molecule has 1 aliphatic rings. The van der Waals surface area contributed by atoms with Crippen molar-refractivity contribution in [2.24, 2.45) is 0 Å². The largest absolute Gasteiger partial charge is 0.484 e. The molecule has 0 radical (unpaired) electrons. The van der Waals surface area contributed by atoms with Crippen molar-refractivity contribution in [3.63, 3.8) is 0 Å². The second-order valence-corrected chi connectivity index (χ2v) is 6.56. The SMILES string of the molecule is Cc1ccc(OCC(=O)N2CCN(Cc3c(C)noc3C)CC2)cc1. The first-order chi connectivity index (χ1) is 12.0. The van der Waals surface area contributed by atoms with E-state index in [1.807, 2.05) is 49.9 Å². The number of amides is 1. The highest BCUT2D eigenvalue weighted by Crippen LogP contribution is 2.16. The predicted molar refractivity (Wildman–Crippen MR) is 94.5 cm³/mol. The number of rotatable bonds is 5. The smallest absolute Gasteiger partial charge is 0.260 e. The summed E-state index contributed by atoms with van der Waals surface area (Å²) >= 11 is 0. The molecule has 134 valence electrons. The predicted octanol–water partition coefficient (Wildman–Crippen LogP) is 2.32. The molecule has 6 nitrogen and oxygen atoms in total. The highest BCUT2D eigenvalue weighted by molar-refractivity contribution is 5.77. The van der Waals surface area contributed by atoms with Gasteiger partial charge in [-0.05, 0) is 32.9 Å². The summed E-state index contributed by atoms with van der Waals surface area (Å²) in [6.07, 6.45) is 0. The van der Waals surface area contributed by atoms with E-state index in [9.17, 15) is 4.79 Å². The molecule has 0 saturated carbocycles. The van der Waals surface area contributed by atoms with Crippen LogP contribution in [0.1, 0.15) is 22.6 Å². The molecular formula is C19H25N3O3. The Labute approximate surface area is 148 Å². The molecule has 2 heterocycles. The molecule has 0 unspecified atom stereocenters. The van der Waals surface area contributed by atoms with Crippen LogP contribution >= 0.6 is 0 Å². The third-order valence-corrected chi connectivity index (χ3v) is 4.67. The summed E-state index contributed by atoms with van der Waals surface area (Å²) in [5, 5.41) is 4.00. The van der Waals surface area contributed by atoms with Crippen molar-refractivity contribution >= 4 is 5.91 Å². The first-order valence-corrected chi connectivity index (χ1v) is 8.64. The van der Waals surface area contributed by atoms with Gasteiger partial charge in [0.05, 0.1) is 5.69 Å². The average Bonchev–Trinajstić information content (AvgIpc) is 2.93. The molecule has 1 saturated heterocycles. The Balaban J connectivity index is 1.45. The van der Waals surface area contributed by atoms with E-state index >= 15 is 0 Å². The average molecular weight is 343 g/mol. The number of piperazine rings is 1. The van der Waals surface area contributed by atoms with Crippen LogP contribution < -0.4 is 4.74 Å². The normalized spacial score (nSPS) is 15.4. The number of aromatic nitrogens is 1. The Kier molecular flexibility index (Phi) is 5.38. The number of benzene rings is 1. The van der Waals surface area contributed by atoms with E-state index in [1.165, 1.54) is 5.56 Å². The molecule has 1 fully saturated rings. The number of nitrogens with zero attached hydrogens (tertiary/aromatic N) is 3. The van der Waals surface area contributed by atoms with Crippen molar-refractivity contribution < 1.29 is 14.1 Å². The van der Waals surface area contributed by atoms with Crippen LogP contribution in [0.4, 0.5) is 0 Å². The van der Waals surface area contributed by atoms with Crippen LogP contribution in [0.3, 0.4) is 0 Å². The molecule has 0 atom stereocenters. The number of aryl methyl sites for hydroxylation is 3. The molecule has 1 aromatic carbocycles. The van der Waals surface area contributed by atoms with Gasteiger partial charge in [-0.2, -0.15) is 0 Å². The van der Waals surface area contributed by atoms with Crippen molar-refractivity contribution in [2.45, 2.75) is 27.3 Å². The number of carbonyl (C=O) groups excluding carboxylic acids is 1. The zero-order valence-corrected chi connectivity index (χ0v) is 15.1. The number of hydrogen-bond acceptors (Lipinski definition) is 5. The molecule has 2 aromatic rings. The van der Waals surface area contributed by atoms with Gasteiger partial charge in [0, 0.05) is 38.3 Å². The van der Waals surface area contributed by atoms with Gasteiger partial charge in [0.25, 0.3) is 5.91 Å². The van der Waals surface area contributed by atoms with E-state index in [0.717, 1.165) is 55.5 Å². The quantitative estimate of drug-likeness (QED) is 0.834. The van der Waals surface area contributed by atoms with Gasteiger partial charge in [-0.3, -0.25) is 9.69 Å². The second-order valence-electron chi connectivity index (χ2n) is 6.56. The minimum atomic E-state index is 0.0394. The third-order valence-electron chi connectivity index (χ3n) is 4.67. The zero-order chi connectivity index (χ0) is 17.8. The fraction of sp³-hybridized carbons (Fsp3) is 0.474. The molecule has 0 bridgehead atoms. The Hall–Kier alpha value is -2.34. The molecular weight excluding hydrogens is 318 g/mol. The molecule has 0 aliphatic carbocycles. The standard InChI is InChI=1S/C19H25N3O3/c1-14-4-6-17(7-5-14)24-13-19(23)22-10-8-21(9-11-22)12-18-15(2)20-25-16(18)3/h4-7H,8-13H2,1-3H3. The Morgan fingerprint density at radius 2 is 1.80 bits per heavy atom. The second kappa shape index (κ2) is 7.70. The molecule has 3 rings (SSSR count). The maximum atomic E-state index is 12.3. The summed E-state index contributed by atoms with van der Waals surface area (Å²) in [4.78, 5) is 16.5. The van der Waals surface area contributed by atoms with Gasteiger partial charge in [-0.1, -0.05) is 22.9 Å². The summed E-state index contributed by atoms with van der Waals surface area (Å²) in [5.41, 5.74) is 3.28. The topological polar surface area (TPSA) is 58.8 Å². The van der Waals surface area contributed by atoms with Gasteiger partial charge in [-0.15, -0.1) is 0 Å². The van der Waals surface area contributed by atoms with Crippen molar-refractivity contribution in [2.75, 3.05) is 32.8 Å². The summed E-state index contributed by atoms with van der Waals surface area (Å²) in [6, 6.07) is 7.74. The Morgan fingerprint density at radius 1 is 1.12 bits per heavy atom. The molecule has 1 aliphatic heterocycles. The van der Waals surface area contributed by atoms with E-state index in [0.29, 0.717) is 0 Å². The Morgan fingerprint density at radius 3 is 2.40 bits per heavy atom. The van der Waals surface area contributed by atoms with Crippen molar-refractivity contribution in [1.29, 1.82) is 0 Å². The molecule has 1 aromatic heterocycles. The lowest BCUT2D eigenvalue weighted by Crippen LogP contribution is -2.49.